The van der Waals surface area contributed by atoms with Gasteiger partial charge in [-0.25, -0.2) is 4.39 Å². The van der Waals surface area contributed by atoms with Gasteiger partial charge >= 0.3 is 0 Å². The Balaban J connectivity index is 0.00000338. The molecule has 0 aromatic heterocycles. The van der Waals surface area contributed by atoms with Crippen LogP contribution in [0.25, 0.3) is 0 Å². The Labute approximate surface area is 174 Å². The van der Waals surface area contributed by atoms with Crippen molar-refractivity contribution < 1.29 is 9.13 Å². The number of hydrogen-bond acceptors (Lipinski definition) is 3. The average molecular weight is 478 g/mol. The monoisotopic (exact) mass is 478 g/mol. The van der Waals surface area contributed by atoms with Crippen LogP contribution in [0.1, 0.15) is 19.8 Å². The topological polar surface area (TPSA) is 40.1 Å². The van der Waals surface area contributed by atoms with E-state index in [0.717, 1.165) is 25.6 Å². The number of benzene rings is 1. The molecule has 0 amide bonds. The Bertz CT molecular complexity index is 541. The molecule has 5 nitrogen and oxygen atoms in total. The Kier molecular flexibility index (Phi) is 10.9. The van der Waals surface area contributed by atoms with Crippen LogP contribution in [0.2, 0.25) is 0 Å². The molecule has 1 aromatic rings. The summed E-state index contributed by atoms with van der Waals surface area (Å²) in [6.45, 7) is 7.34. The van der Waals surface area contributed by atoms with Crippen LogP contribution in [0.15, 0.2) is 29.3 Å². The van der Waals surface area contributed by atoms with Crippen molar-refractivity contribution in [2.24, 2.45) is 10.9 Å². The molecule has 0 radical (unpaired) electrons. The molecule has 7 heteroatoms. The number of nitrogens with one attached hydrogen (secondary N) is 1. The molecule has 1 saturated heterocycles. The van der Waals surface area contributed by atoms with Gasteiger partial charge in [-0.05, 0) is 63.5 Å². The number of nitrogens with zero attached hydrogens (tertiary/aromatic N) is 3. The first-order valence-electron chi connectivity index (χ1n) is 9.15. The zero-order valence-corrected chi connectivity index (χ0v) is 18.4. The standard InChI is InChI=1S/C19H31FN4O.HI/c1-4-21-19(22-14-16-6-5-11-23(2)15-16)24(3)12-13-25-18-9-7-17(20)8-10-18;/h7-10,16H,4-6,11-15H2,1-3H3,(H,21,22);1H. The molecule has 1 unspecified atom stereocenters. The van der Waals surface area contributed by atoms with Crippen molar-refractivity contribution in [2.75, 3.05) is 53.4 Å². The number of ether oxygens (including phenoxy) is 1. The molecule has 1 aliphatic heterocycles. The first-order chi connectivity index (χ1) is 12.1. The number of rotatable bonds is 7. The van der Waals surface area contributed by atoms with Gasteiger partial charge in [-0.1, -0.05) is 0 Å². The zero-order valence-electron chi connectivity index (χ0n) is 16.1. The van der Waals surface area contributed by atoms with Crippen LogP contribution in [-0.2, 0) is 0 Å². The third-order valence-corrected chi connectivity index (χ3v) is 4.43. The molecule has 1 aromatic carbocycles. The SMILES string of the molecule is CCNC(=NCC1CCCN(C)C1)N(C)CCOc1ccc(F)cc1.I. The van der Waals surface area contributed by atoms with Crippen LogP contribution >= 0.6 is 24.0 Å². The molecule has 1 fully saturated rings. The summed E-state index contributed by atoms with van der Waals surface area (Å²) in [5, 5.41) is 3.35. The normalized spacial score (nSPS) is 18.2. The second kappa shape index (κ2) is 12.3. The van der Waals surface area contributed by atoms with Crippen LogP contribution in [0.5, 0.6) is 5.75 Å². The quantitative estimate of drug-likeness (QED) is 0.372. The van der Waals surface area contributed by atoms with Crippen LogP contribution in [0, 0.1) is 11.7 Å². The fraction of sp³-hybridized carbons (Fsp3) is 0.632. The minimum Gasteiger partial charge on any atom is -0.492 e. The minimum atomic E-state index is -0.251. The average Bonchev–Trinajstić information content (AvgIpc) is 2.60. The number of likely N-dealkylation sites (tertiary alicyclic amines) is 1. The van der Waals surface area contributed by atoms with Gasteiger partial charge < -0.3 is 19.9 Å². The van der Waals surface area contributed by atoms with E-state index in [-0.39, 0.29) is 29.8 Å². The second-order valence-corrected chi connectivity index (χ2v) is 6.69. The van der Waals surface area contributed by atoms with Gasteiger partial charge in [0.25, 0.3) is 0 Å². The van der Waals surface area contributed by atoms with E-state index in [1.807, 2.05) is 7.05 Å². The Morgan fingerprint density at radius 2 is 2.12 bits per heavy atom. The van der Waals surface area contributed by atoms with Crippen molar-refractivity contribution in [3.05, 3.63) is 30.1 Å². The van der Waals surface area contributed by atoms with Crippen LogP contribution in [0.3, 0.4) is 0 Å². The summed E-state index contributed by atoms with van der Waals surface area (Å²) in [7, 11) is 4.20. The summed E-state index contributed by atoms with van der Waals surface area (Å²) in [6.07, 6.45) is 2.51. The van der Waals surface area contributed by atoms with E-state index in [0.29, 0.717) is 24.8 Å². The molecule has 0 bridgehead atoms. The summed E-state index contributed by atoms with van der Waals surface area (Å²) in [6, 6.07) is 6.11. The maximum atomic E-state index is 12.9. The number of guanidine groups is 1. The molecule has 0 saturated carbocycles. The van der Waals surface area contributed by atoms with Gasteiger partial charge in [-0.2, -0.15) is 0 Å². The molecule has 0 aliphatic carbocycles. The van der Waals surface area contributed by atoms with Gasteiger partial charge in [-0.15, -0.1) is 24.0 Å². The lowest BCUT2D eigenvalue weighted by Gasteiger charge is -2.29. The van der Waals surface area contributed by atoms with Crippen LogP contribution in [0.4, 0.5) is 4.39 Å². The lowest BCUT2D eigenvalue weighted by Crippen LogP contribution is -2.41. The first-order valence-corrected chi connectivity index (χ1v) is 9.15. The van der Waals surface area contributed by atoms with Gasteiger partial charge in [0.2, 0.25) is 0 Å². The summed E-state index contributed by atoms with van der Waals surface area (Å²) in [5.74, 6) is 1.98. The highest BCUT2D eigenvalue weighted by molar-refractivity contribution is 14.0. The number of halogens is 2. The van der Waals surface area contributed by atoms with Gasteiger partial charge in [0.05, 0.1) is 6.54 Å². The zero-order chi connectivity index (χ0) is 18.1. The molecular weight excluding hydrogens is 446 g/mol. The molecule has 1 atom stereocenters. The Morgan fingerprint density at radius 1 is 1.38 bits per heavy atom. The maximum Gasteiger partial charge on any atom is 0.193 e. The fourth-order valence-corrected chi connectivity index (χ4v) is 3.04. The third-order valence-electron chi connectivity index (χ3n) is 4.43. The van der Waals surface area contributed by atoms with Crippen molar-refractivity contribution >= 4 is 29.9 Å². The molecular formula is C19H32FIN4O. The van der Waals surface area contributed by atoms with E-state index in [1.54, 1.807) is 12.1 Å². The predicted octanol–water partition coefficient (Wildman–Crippen LogP) is 3.06. The molecule has 1 aliphatic rings. The van der Waals surface area contributed by atoms with Crippen LogP contribution < -0.4 is 10.1 Å². The van der Waals surface area contributed by atoms with Gasteiger partial charge in [0.1, 0.15) is 18.2 Å². The van der Waals surface area contributed by atoms with Gasteiger partial charge in [0, 0.05) is 26.7 Å². The van der Waals surface area contributed by atoms with Crippen molar-refractivity contribution in [1.82, 2.24) is 15.1 Å². The molecule has 148 valence electrons. The summed E-state index contributed by atoms with van der Waals surface area (Å²) >= 11 is 0. The van der Waals surface area contributed by atoms with E-state index < -0.39 is 0 Å². The smallest absolute Gasteiger partial charge is 0.193 e. The van der Waals surface area contributed by atoms with Crippen molar-refractivity contribution in [1.29, 1.82) is 0 Å². The minimum absolute atomic E-state index is 0. The van der Waals surface area contributed by atoms with Crippen molar-refractivity contribution in [3.63, 3.8) is 0 Å². The molecule has 0 spiro atoms. The Morgan fingerprint density at radius 3 is 2.77 bits per heavy atom. The first kappa shape index (κ1) is 23.0. The highest BCUT2D eigenvalue weighted by Gasteiger charge is 2.17. The summed E-state index contributed by atoms with van der Waals surface area (Å²) in [5.41, 5.74) is 0. The lowest BCUT2D eigenvalue weighted by molar-refractivity contribution is 0.214. The third kappa shape index (κ3) is 8.07. The highest BCUT2D eigenvalue weighted by atomic mass is 127. The van der Waals surface area contributed by atoms with Crippen molar-refractivity contribution in [3.8, 4) is 5.75 Å². The molecule has 1 N–H and O–H groups in total. The Hall–Kier alpha value is -1.09. The lowest BCUT2D eigenvalue weighted by atomic mass is 9.99. The van der Waals surface area contributed by atoms with Gasteiger partial charge in [0.15, 0.2) is 5.96 Å². The van der Waals surface area contributed by atoms with E-state index in [9.17, 15) is 4.39 Å². The van der Waals surface area contributed by atoms with Gasteiger partial charge in [-0.3, -0.25) is 4.99 Å². The highest BCUT2D eigenvalue weighted by Crippen LogP contribution is 2.15. The number of aliphatic imine (C=N–C) groups is 1. The van der Waals surface area contributed by atoms with E-state index in [2.05, 4.69) is 29.1 Å². The maximum absolute atomic E-state index is 12.9. The largest absolute Gasteiger partial charge is 0.492 e. The summed E-state index contributed by atoms with van der Waals surface area (Å²) < 4.78 is 18.6. The van der Waals surface area contributed by atoms with Crippen LogP contribution in [-0.4, -0.2) is 69.2 Å². The fourth-order valence-electron chi connectivity index (χ4n) is 3.04. The summed E-state index contributed by atoms with van der Waals surface area (Å²) in [4.78, 5) is 9.28. The van der Waals surface area contributed by atoms with E-state index in [1.165, 1.54) is 31.5 Å². The predicted molar refractivity (Wildman–Crippen MR) is 116 cm³/mol. The molecule has 26 heavy (non-hydrogen) atoms. The number of piperidine rings is 1. The number of likely N-dealkylation sites (N-methyl/N-ethyl adjacent to an activating group) is 1. The molecule has 1 heterocycles. The number of hydrogen-bond donors (Lipinski definition) is 1. The second-order valence-electron chi connectivity index (χ2n) is 6.69. The van der Waals surface area contributed by atoms with E-state index >= 15 is 0 Å². The van der Waals surface area contributed by atoms with E-state index in [4.69, 9.17) is 9.73 Å². The molecule has 2 rings (SSSR count). The van der Waals surface area contributed by atoms with Crippen molar-refractivity contribution in [2.45, 2.75) is 19.8 Å².